The summed E-state index contributed by atoms with van der Waals surface area (Å²) < 4.78 is 5.27. The lowest BCUT2D eigenvalue weighted by Gasteiger charge is -2.05. The summed E-state index contributed by atoms with van der Waals surface area (Å²) in [4.78, 5) is 11.6. The lowest BCUT2D eigenvalue weighted by Crippen LogP contribution is -2.06. The van der Waals surface area contributed by atoms with Crippen molar-refractivity contribution in [1.29, 1.82) is 0 Å². The minimum Gasteiger partial charge on any atom is -0.466 e. The summed E-state index contributed by atoms with van der Waals surface area (Å²) in [5, 5.41) is 0. The van der Waals surface area contributed by atoms with Gasteiger partial charge in [-0.2, -0.15) is 0 Å². The number of ether oxygens (including phenoxy) is 1. The topological polar surface area (TPSA) is 26.3 Å². The van der Waals surface area contributed by atoms with Crippen LogP contribution in [-0.2, 0) is 16.0 Å². The van der Waals surface area contributed by atoms with E-state index >= 15 is 0 Å². The van der Waals surface area contributed by atoms with Crippen LogP contribution in [0.4, 0.5) is 0 Å². The van der Waals surface area contributed by atoms with Gasteiger partial charge in [-0.05, 0) is 24.8 Å². The number of hydrogen-bond donors (Lipinski definition) is 0. The number of rotatable bonds is 12. The third-order valence-corrected chi connectivity index (χ3v) is 3.70. The molecule has 0 unspecified atom stereocenters. The summed E-state index contributed by atoms with van der Waals surface area (Å²) in [7, 11) is 0. The number of aryl methyl sites for hydroxylation is 1. The Morgan fingerprint density at radius 2 is 1.57 bits per heavy atom. The smallest absolute Gasteiger partial charge is 0.305 e. The fourth-order valence-electron chi connectivity index (χ4n) is 2.40. The minimum atomic E-state index is -0.0445. The number of carbonyl (C=O) groups excluding carboxylic acids is 1. The van der Waals surface area contributed by atoms with Gasteiger partial charge in [0.1, 0.15) is 0 Å². The van der Waals surface area contributed by atoms with E-state index in [4.69, 9.17) is 4.74 Å². The Balaban J connectivity index is 1.90. The zero-order valence-corrected chi connectivity index (χ0v) is 13.5. The van der Waals surface area contributed by atoms with E-state index < -0.39 is 0 Å². The molecule has 0 aromatic heterocycles. The van der Waals surface area contributed by atoms with E-state index in [9.17, 15) is 4.79 Å². The van der Waals surface area contributed by atoms with Gasteiger partial charge in [0, 0.05) is 6.42 Å². The zero-order chi connectivity index (χ0) is 15.2. The molecular weight excluding hydrogens is 260 g/mol. The van der Waals surface area contributed by atoms with Gasteiger partial charge in [0.15, 0.2) is 0 Å². The predicted molar refractivity (Wildman–Crippen MR) is 88.3 cm³/mol. The van der Waals surface area contributed by atoms with Crippen molar-refractivity contribution in [1.82, 2.24) is 0 Å². The van der Waals surface area contributed by atoms with Crippen molar-refractivity contribution in [2.24, 2.45) is 0 Å². The summed E-state index contributed by atoms with van der Waals surface area (Å²) in [6.07, 6.45) is 11.1. The first kappa shape index (κ1) is 17.7. The fourth-order valence-corrected chi connectivity index (χ4v) is 2.40. The predicted octanol–water partition coefficient (Wildman–Crippen LogP) is 5.30. The molecule has 1 aromatic carbocycles. The molecule has 1 rings (SSSR count). The molecule has 0 saturated heterocycles. The average Bonchev–Trinajstić information content (AvgIpc) is 2.51. The van der Waals surface area contributed by atoms with Crippen molar-refractivity contribution in [2.45, 2.75) is 71.1 Å². The summed E-state index contributed by atoms with van der Waals surface area (Å²) in [5.74, 6) is -0.0445. The number of esters is 1. The average molecular weight is 290 g/mol. The molecule has 0 N–H and O–H groups in total. The van der Waals surface area contributed by atoms with E-state index in [0.717, 1.165) is 19.3 Å². The molecule has 21 heavy (non-hydrogen) atoms. The van der Waals surface area contributed by atoms with Gasteiger partial charge in [-0.3, -0.25) is 4.79 Å². The first-order valence-corrected chi connectivity index (χ1v) is 8.52. The molecule has 0 fully saturated rings. The van der Waals surface area contributed by atoms with Crippen molar-refractivity contribution in [3.8, 4) is 0 Å². The molecule has 2 heteroatoms. The zero-order valence-electron chi connectivity index (χ0n) is 13.5. The number of benzene rings is 1. The van der Waals surface area contributed by atoms with Crippen LogP contribution < -0.4 is 0 Å². The SMILES string of the molecule is CCCCCCCCCOC(=O)CCCc1ccccc1. The molecule has 0 spiro atoms. The van der Waals surface area contributed by atoms with E-state index in [0.29, 0.717) is 13.0 Å². The molecule has 0 radical (unpaired) electrons. The molecule has 0 heterocycles. The van der Waals surface area contributed by atoms with Gasteiger partial charge in [0.05, 0.1) is 6.61 Å². The Morgan fingerprint density at radius 1 is 0.905 bits per heavy atom. The van der Waals surface area contributed by atoms with Crippen LogP contribution in [0, 0.1) is 0 Å². The van der Waals surface area contributed by atoms with Gasteiger partial charge in [0.2, 0.25) is 0 Å². The second-order valence-electron chi connectivity index (χ2n) is 5.68. The maximum Gasteiger partial charge on any atom is 0.305 e. The highest BCUT2D eigenvalue weighted by Gasteiger charge is 2.02. The first-order valence-electron chi connectivity index (χ1n) is 8.52. The highest BCUT2D eigenvalue weighted by atomic mass is 16.5. The van der Waals surface area contributed by atoms with Gasteiger partial charge >= 0.3 is 5.97 Å². The molecule has 118 valence electrons. The summed E-state index contributed by atoms with van der Waals surface area (Å²) in [6.45, 7) is 2.83. The highest BCUT2D eigenvalue weighted by molar-refractivity contribution is 5.69. The van der Waals surface area contributed by atoms with E-state index in [1.165, 1.54) is 44.1 Å². The van der Waals surface area contributed by atoms with Crippen LogP contribution in [0.1, 0.15) is 70.3 Å². The van der Waals surface area contributed by atoms with Crippen LogP contribution in [0.25, 0.3) is 0 Å². The lowest BCUT2D eigenvalue weighted by molar-refractivity contribution is -0.143. The Kier molecular flexibility index (Phi) is 10.5. The lowest BCUT2D eigenvalue weighted by atomic mass is 10.1. The number of carbonyl (C=O) groups is 1. The van der Waals surface area contributed by atoms with Crippen molar-refractivity contribution in [3.63, 3.8) is 0 Å². The maximum absolute atomic E-state index is 11.6. The van der Waals surface area contributed by atoms with E-state index in [2.05, 4.69) is 19.1 Å². The normalized spacial score (nSPS) is 10.5. The van der Waals surface area contributed by atoms with Gasteiger partial charge in [-0.25, -0.2) is 0 Å². The van der Waals surface area contributed by atoms with Crippen LogP contribution >= 0.6 is 0 Å². The van der Waals surface area contributed by atoms with Crippen LogP contribution in [0.3, 0.4) is 0 Å². The molecule has 0 aliphatic heterocycles. The van der Waals surface area contributed by atoms with Gasteiger partial charge < -0.3 is 4.74 Å². The van der Waals surface area contributed by atoms with Crippen LogP contribution in [-0.4, -0.2) is 12.6 Å². The van der Waals surface area contributed by atoms with Crippen molar-refractivity contribution >= 4 is 5.97 Å². The molecule has 1 aromatic rings. The Bertz CT molecular complexity index is 359. The highest BCUT2D eigenvalue weighted by Crippen LogP contribution is 2.08. The number of unbranched alkanes of at least 4 members (excludes halogenated alkanes) is 6. The molecule has 0 atom stereocenters. The van der Waals surface area contributed by atoms with E-state index in [-0.39, 0.29) is 5.97 Å². The van der Waals surface area contributed by atoms with Gasteiger partial charge in [0.25, 0.3) is 0 Å². The van der Waals surface area contributed by atoms with E-state index in [1.54, 1.807) is 0 Å². The van der Waals surface area contributed by atoms with Crippen LogP contribution in [0.5, 0.6) is 0 Å². The number of hydrogen-bond acceptors (Lipinski definition) is 2. The van der Waals surface area contributed by atoms with Gasteiger partial charge in [-0.1, -0.05) is 75.8 Å². The molecule has 0 bridgehead atoms. The van der Waals surface area contributed by atoms with Crippen LogP contribution in [0.15, 0.2) is 30.3 Å². The van der Waals surface area contributed by atoms with Crippen molar-refractivity contribution in [2.75, 3.05) is 6.61 Å². The molecule has 0 saturated carbocycles. The molecular formula is C19H30O2. The molecule has 0 amide bonds. The molecule has 2 nitrogen and oxygen atoms in total. The second-order valence-corrected chi connectivity index (χ2v) is 5.68. The largest absolute Gasteiger partial charge is 0.466 e. The first-order chi connectivity index (χ1) is 10.3. The second kappa shape index (κ2) is 12.4. The Hall–Kier alpha value is -1.31. The maximum atomic E-state index is 11.6. The van der Waals surface area contributed by atoms with Crippen molar-refractivity contribution < 1.29 is 9.53 Å². The summed E-state index contributed by atoms with van der Waals surface area (Å²) in [6, 6.07) is 10.3. The molecule has 0 aliphatic carbocycles. The molecule has 0 aliphatic rings. The fraction of sp³-hybridized carbons (Fsp3) is 0.632. The van der Waals surface area contributed by atoms with Crippen LogP contribution in [0.2, 0.25) is 0 Å². The van der Waals surface area contributed by atoms with Crippen molar-refractivity contribution in [3.05, 3.63) is 35.9 Å². The van der Waals surface area contributed by atoms with E-state index in [1.807, 2.05) is 18.2 Å². The monoisotopic (exact) mass is 290 g/mol. The van der Waals surface area contributed by atoms with Gasteiger partial charge in [-0.15, -0.1) is 0 Å². The summed E-state index contributed by atoms with van der Waals surface area (Å²) in [5.41, 5.74) is 1.29. The quantitative estimate of drug-likeness (QED) is 0.385. The third kappa shape index (κ3) is 10.1. The summed E-state index contributed by atoms with van der Waals surface area (Å²) >= 11 is 0. The Morgan fingerprint density at radius 3 is 2.29 bits per heavy atom. The Labute approximate surface area is 129 Å². The minimum absolute atomic E-state index is 0.0445. The third-order valence-electron chi connectivity index (χ3n) is 3.70. The standard InChI is InChI=1S/C19H30O2/c1-2-3-4-5-6-7-11-17-21-19(20)16-12-15-18-13-9-8-10-14-18/h8-10,13-14H,2-7,11-12,15-17H2,1H3.